The van der Waals surface area contributed by atoms with E-state index in [-0.39, 0.29) is 0 Å². The van der Waals surface area contributed by atoms with Crippen molar-refractivity contribution in [3.05, 3.63) is 11.8 Å². The molecule has 1 aliphatic rings. The maximum absolute atomic E-state index is 4.74. The van der Waals surface area contributed by atoms with Gasteiger partial charge in [-0.25, -0.2) is 4.98 Å². The number of anilines is 2. The zero-order chi connectivity index (χ0) is 13.0. The number of hydrogen-bond donors (Lipinski definition) is 0. The van der Waals surface area contributed by atoms with Gasteiger partial charge in [-0.3, -0.25) is 0 Å². The molecular weight excluding hydrogens is 224 g/mol. The molecular formula is C14H24N4. The van der Waals surface area contributed by atoms with Crippen molar-refractivity contribution in [2.24, 2.45) is 0 Å². The van der Waals surface area contributed by atoms with Crippen LogP contribution in [0, 0.1) is 6.92 Å². The zero-order valence-corrected chi connectivity index (χ0v) is 11.8. The van der Waals surface area contributed by atoms with Crippen LogP contribution in [0.1, 0.15) is 38.8 Å². The van der Waals surface area contributed by atoms with E-state index in [1.807, 2.05) is 0 Å². The van der Waals surface area contributed by atoms with Gasteiger partial charge in [0.15, 0.2) is 0 Å². The van der Waals surface area contributed by atoms with Crippen molar-refractivity contribution in [2.45, 2.75) is 40.0 Å². The van der Waals surface area contributed by atoms with Crippen molar-refractivity contribution in [3.8, 4) is 0 Å². The van der Waals surface area contributed by atoms with Crippen LogP contribution >= 0.6 is 0 Å². The van der Waals surface area contributed by atoms with Crippen LogP contribution in [0.4, 0.5) is 11.8 Å². The van der Waals surface area contributed by atoms with Gasteiger partial charge >= 0.3 is 0 Å². The van der Waals surface area contributed by atoms with E-state index in [9.17, 15) is 0 Å². The van der Waals surface area contributed by atoms with Crippen LogP contribution in [-0.2, 0) is 0 Å². The Morgan fingerprint density at radius 1 is 1.11 bits per heavy atom. The minimum absolute atomic E-state index is 0.876. The van der Waals surface area contributed by atoms with E-state index in [1.165, 1.54) is 19.3 Å². The Bertz CT molecular complexity index is 381. The third-order valence-corrected chi connectivity index (χ3v) is 3.56. The van der Waals surface area contributed by atoms with Crippen molar-refractivity contribution >= 4 is 11.8 Å². The van der Waals surface area contributed by atoms with Gasteiger partial charge in [0.2, 0.25) is 5.95 Å². The Balaban J connectivity index is 2.24. The highest BCUT2D eigenvalue weighted by atomic mass is 15.3. The third-order valence-electron chi connectivity index (χ3n) is 3.56. The summed E-state index contributed by atoms with van der Waals surface area (Å²) in [7, 11) is 0. The molecule has 0 unspecified atom stereocenters. The smallest absolute Gasteiger partial charge is 0.227 e. The summed E-state index contributed by atoms with van der Waals surface area (Å²) in [4.78, 5) is 13.9. The van der Waals surface area contributed by atoms with Gasteiger partial charge in [-0.2, -0.15) is 4.98 Å². The highest BCUT2D eigenvalue weighted by Crippen LogP contribution is 2.21. The number of hydrogen-bond acceptors (Lipinski definition) is 4. The molecule has 2 rings (SSSR count). The zero-order valence-electron chi connectivity index (χ0n) is 11.8. The SMILES string of the molecule is CCN(CC)c1nc(C)cc(N2CCCCC2)n1. The molecule has 0 radical (unpaired) electrons. The van der Waals surface area contributed by atoms with E-state index in [0.29, 0.717) is 0 Å². The summed E-state index contributed by atoms with van der Waals surface area (Å²) >= 11 is 0. The van der Waals surface area contributed by atoms with Crippen LogP contribution in [0.5, 0.6) is 0 Å². The highest BCUT2D eigenvalue weighted by Gasteiger charge is 2.15. The quantitative estimate of drug-likeness (QED) is 0.820. The van der Waals surface area contributed by atoms with Crippen molar-refractivity contribution in [2.75, 3.05) is 36.0 Å². The first kappa shape index (κ1) is 13.1. The van der Waals surface area contributed by atoms with Gasteiger partial charge in [-0.1, -0.05) is 0 Å². The van der Waals surface area contributed by atoms with Crippen molar-refractivity contribution in [1.29, 1.82) is 0 Å². The van der Waals surface area contributed by atoms with Gasteiger partial charge in [0.25, 0.3) is 0 Å². The number of aromatic nitrogens is 2. The highest BCUT2D eigenvalue weighted by molar-refractivity contribution is 5.46. The maximum Gasteiger partial charge on any atom is 0.227 e. The molecule has 2 heterocycles. The molecule has 0 aromatic carbocycles. The van der Waals surface area contributed by atoms with Gasteiger partial charge < -0.3 is 9.80 Å². The van der Waals surface area contributed by atoms with Crippen LogP contribution in [0.15, 0.2) is 6.07 Å². The van der Waals surface area contributed by atoms with E-state index in [4.69, 9.17) is 4.98 Å². The molecule has 0 N–H and O–H groups in total. The van der Waals surface area contributed by atoms with Crippen molar-refractivity contribution < 1.29 is 0 Å². The molecule has 1 aliphatic heterocycles. The molecule has 0 amide bonds. The van der Waals surface area contributed by atoms with Crippen LogP contribution in [0.2, 0.25) is 0 Å². The van der Waals surface area contributed by atoms with Crippen LogP contribution in [0.3, 0.4) is 0 Å². The lowest BCUT2D eigenvalue weighted by Gasteiger charge is -2.29. The standard InChI is InChI=1S/C14H24N4/c1-4-17(5-2)14-15-12(3)11-13(16-14)18-9-7-6-8-10-18/h11H,4-10H2,1-3H3. The molecule has 0 spiro atoms. The summed E-state index contributed by atoms with van der Waals surface area (Å²) < 4.78 is 0. The normalized spacial score (nSPS) is 15.8. The Morgan fingerprint density at radius 3 is 2.39 bits per heavy atom. The molecule has 0 saturated carbocycles. The average Bonchev–Trinajstić information content (AvgIpc) is 2.40. The molecule has 1 fully saturated rings. The van der Waals surface area contributed by atoms with E-state index in [0.717, 1.165) is 43.6 Å². The second kappa shape index (κ2) is 6.03. The first-order chi connectivity index (χ1) is 8.74. The number of rotatable bonds is 4. The number of aryl methyl sites for hydroxylation is 1. The lowest BCUT2D eigenvalue weighted by atomic mass is 10.1. The van der Waals surface area contributed by atoms with Gasteiger partial charge in [0, 0.05) is 37.9 Å². The Labute approximate surface area is 110 Å². The summed E-state index contributed by atoms with van der Waals surface area (Å²) in [5.74, 6) is 1.98. The summed E-state index contributed by atoms with van der Waals surface area (Å²) in [5, 5.41) is 0. The molecule has 0 bridgehead atoms. The van der Waals surface area contributed by atoms with E-state index >= 15 is 0 Å². The summed E-state index contributed by atoms with van der Waals surface area (Å²) in [5.41, 5.74) is 1.06. The number of piperidine rings is 1. The van der Waals surface area contributed by atoms with Gasteiger partial charge in [0.1, 0.15) is 5.82 Å². The lowest BCUT2D eigenvalue weighted by Crippen LogP contribution is -2.31. The summed E-state index contributed by atoms with van der Waals surface area (Å²) in [6.45, 7) is 10.5. The molecule has 1 aromatic heterocycles. The Kier molecular flexibility index (Phi) is 4.39. The summed E-state index contributed by atoms with van der Waals surface area (Å²) in [6, 6.07) is 2.11. The van der Waals surface area contributed by atoms with Gasteiger partial charge in [-0.05, 0) is 40.0 Å². The predicted octanol–water partition coefficient (Wildman–Crippen LogP) is 2.62. The fourth-order valence-corrected chi connectivity index (χ4v) is 2.47. The minimum atomic E-state index is 0.876. The molecule has 0 atom stereocenters. The van der Waals surface area contributed by atoms with Crippen molar-refractivity contribution in [1.82, 2.24) is 9.97 Å². The molecule has 4 nitrogen and oxygen atoms in total. The molecule has 0 aliphatic carbocycles. The largest absolute Gasteiger partial charge is 0.356 e. The van der Waals surface area contributed by atoms with Gasteiger partial charge in [-0.15, -0.1) is 0 Å². The molecule has 4 heteroatoms. The molecule has 18 heavy (non-hydrogen) atoms. The van der Waals surface area contributed by atoms with Crippen LogP contribution in [-0.4, -0.2) is 36.1 Å². The monoisotopic (exact) mass is 248 g/mol. The Hall–Kier alpha value is -1.32. The minimum Gasteiger partial charge on any atom is -0.356 e. The second-order valence-electron chi connectivity index (χ2n) is 4.89. The topological polar surface area (TPSA) is 32.3 Å². The maximum atomic E-state index is 4.74. The first-order valence-corrected chi connectivity index (χ1v) is 7.10. The second-order valence-corrected chi connectivity index (χ2v) is 4.89. The van der Waals surface area contributed by atoms with Gasteiger partial charge in [0.05, 0.1) is 0 Å². The van der Waals surface area contributed by atoms with Crippen LogP contribution < -0.4 is 9.80 Å². The molecule has 1 saturated heterocycles. The number of nitrogens with zero attached hydrogens (tertiary/aromatic N) is 4. The first-order valence-electron chi connectivity index (χ1n) is 7.10. The average molecular weight is 248 g/mol. The van der Waals surface area contributed by atoms with Crippen LogP contribution in [0.25, 0.3) is 0 Å². The van der Waals surface area contributed by atoms with E-state index < -0.39 is 0 Å². The fourth-order valence-electron chi connectivity index (χ4n) is 2.47. The molecule has 100 valence electrons. The summed E-state index contributed by atoms with van der Waals surface area (Å²) in [6.07, 6.45) is 3.91. The predicted molar refractivity (Wildman–Crippen MR) is 76.4 cm³/mol. The third kappa shape index (κ3) is 2.92. The lowest BCUT2D eigenvalue weighted by molar-refractivity contribution is 0.572. The van der Waals surface area contributed by atoms with E-state index in [2.05, 4.69) is 41.6 Å². The molecule has 1 aromatic rings. The fraction of sp³-hybridized carbons (Fsp3) is 0.714. The van der Waals surface area contributed by atoms with E-state index in [1.54, 1.807) is 0 Å². The Morgan fingerprint density at radius 2 is 1.78 bits per heavy atom. The van der Waals surface area contributed by atoms with Crippen molar-refractivity contribution in [3.63, 3.8) is 0 Å².